The lowest BCUT2D eigenvalue weighted by Crippen LogP contribution is -2.52. The van der Waals surface area contributed by atoms with Crippen molar-refractivity contribution >= 4 is 27.5 Å². The number of hydrogen-bond donors (Lipinski definition) is 1. The minimum Gasteiger partial charge on any atom is -0.354 e. The Kier molecular flexibility index (Phi) is 10.1. The lowest BCUT2D eigenvalue weighted by molar-refractivity contribution is -0.140. The summed E-state index contributed by atoms with van der Waals surface area (Å²) in [5.74, 6) is -0.700. The first-order valence-electron chi connectivity index (χ1n) is 12.9. The number of carbonyl (C=O) groups is 2. The van der Waals surface area contributed by atoms with Gasteiger partial charge in [0.15, 0.2) is 0 Å². The number of benzene rings is 3. The van der Waals surface area contributed by atoms with Gasteiger partial charge in [-0.05, 0) is 56.0 Å². The van der Waals surface area contributed by atoms with Crippen LogP contribution in [0, 0.1) is 13.8 Å². The molecular formula is C30H37N3O4S. The summed E-state index contributed by atoms with van der Waals surface area (Å²) in [5.41, 5.74) is 2.93. The number of carbonyl (C=O) groups excluding carboxylic acids is 2. The van der Waals surface area contributed by atoms with Crippen LogP contribution < -0.4 is 9.62 Å². The number of para-hydroxylation sites is 1. The fourth-order valence-corrected chi connectivity index (χ4v) is 5.74. The average molecular weight is 536 g/mol. The topological polar surface area (TPSA) is 86.8 Å². The molecule has 3 rings (SSSR count). The molecule has 2 amide bonds. The molecule has 0 heterocycles. The Morgan fingerprint density at radius 3 is 2.11 bits per heavy atom. The van der Waals surface area contributed by atoms with Crippen molar-refractivity contribution in [2.24, 2.45) is 0 Å². The quantitative estimate of drug-likeness (QED) is 0.360. The van der Waals surface area contributed by atoms with Crippen LogP contribution in [0.4, 0.5) is 5.69 Å². The average Bonchev–Trinajstić information content (AvgIpc) is 2.91. The third-order valence-electron chi connectivity index (χ3n) is 6.40. The summed E-state index contributed by atoms with van der Waals surface area (Å²) < 4.78 is 29.0. The van der Waals surface area contributed by atoms with Gasteiger partial charge in [0.25, 0.3) is 10.0 Å². The van der Waals surface area contributed by atoms with Gasteiger partial charge in [0, 0.05) is 13.1 Å². The monoisotopic (exact) mass is 535 g/mol. The Balaban J connectivity index is 2.05. The van der Waals surface area contributed by atoms with E-state index in [4.69, 9.17) is 0 Å². The highest BCUT2D eigenvalue weighted by Gasteiger charge is 2.34. The van der Waals surface area contributed by atoms with Crippen LogP contribution in [0.2, 0.25) is 0 Å². The number of anilines is 1. The predicted octanol–water partition coefficient (Wildman–Crippen LogP) is 4.83. The Labute approximate surface area is 226 Å². The highest BCUT2D eigenvalue weighted by atomic mass is 32.2. The summed E-state index contributed by atoms with van der Waals surface area (Å²) in [7, 11) is -4.08. The van der Waals surface area contributed by atoms with Crippen molar-refractivity contribution in [2.75, 3.05) is 17.4 Å². The second kappa shape index (κ2) is 13.2. The van der Waals surface area contributed by atoms with Crippen LogP contribution in [-0.4, -0.2) is 44.3 Å². The molecule has 38 heavy (non-hydrogen) atoms. The van der Waals surface area contributed by atoms with E-state index in [2.05, 4.69) is 5.32 Å². The van der Waals surface area contributed by atoms with E-state index in [0.29, 0.717) is 18.7 Å². The highest BCUT2D eigenvalue weighted by molar-refractivity contribution is 7.92. The number of rotatable bonds is 12. The molecule has 0 unspecified atom stereocenters. The van der Waals surface area contributed by atoms with Gasteiger partial charge in [-0.3, -0.25) is 13.9 Å². The van der Waals surface area contributed by atoms with Crippen molar-refractivity contribution in [3.05, 3.63) is 95.6 Å². The maximum absolute atomic E-state index is 14.0. The highest BCUT2D eigenvalue weighted by Crippen LogP contribution is 2.27. The number of aryl methyl sites for hydroxylation is 2. The summed E-state index contributed by atoms with van der Waals surface area (Å²) in [6.07, 6.45) is 1.16. The molecule has 0 bridgehead atoms. The summed E-state index contributed by atoms with van der Waals surface area (Å²) in [6, 6.07) is 22.3. The Hall–Kier alpha value is -3.65. The molecule has 3 aromatic carbocycles. The van der Waals surface area contributed by atoms with Crippen molar-refractivity contribution in [3.63, 3.8) is 0 Å². The van der Waals surface area contributed by atoms with E-state index in [0.717, 1.165) is 27.4 Å². The Morgan fingerprint density at radius 1 is 0.868 bits per heavy atom. The Bertz CT molecular complexity index is 1330. The van der Waals surface area contributed by atoms with Gasteiger partial charge in [-0.15, -0.1) is 0 Å². The summed E-state index contributed by atoms with van der Waals surface area (Å²) >= 11 is 0. The fourth-order valence-electron chi connectivity index (χ4n) is 4.26. The van der Waals surface area contributed by atoms with Gasteiger partial charge in [-0.1, -0.05) is 80.1 Å². The van der Waals surface area contributed by atoms with Crippen LogP contribution in [0.3, 0.4) is 0 Å². The van der Waals surface area contributed by atoms with Gasteiger partial charge < -0.3 is 10.2 Å². The maximum Gasteiger partial charge on any atom is 0.264 e. The van der Waals surface area contributed by atoms with E-state index < -0.39 is 28.5 Å². The van der Waals surface area contributed by atoms with E-state index in [9.17, 15) is 18.0 Å². The van der Waals surface area contributed by atoms with Crippen LogP contribution in [-0.2, 0) is 26.2 Å². The molecule has 0 spiro atoms. The molecule has 8 heteroatoms. The van der Waals surface area contributed by atoms with Gasteiger partial charge in [0.1, 0.15) is 12.6 Å². The van der Waals surface area contributed by atoms with Crippen LogP contribution >= 0.6 is 0 Å². The number of hydrogen-bond acceptors (Lipinski definition) is 4. The first-order valence-corrected chi connectivity index (χ1v) is 14.4. The Morgan fingerprint density at radius 2 is 1.50 bits per heavy atom. The van der Waals surface area contributed by atoms with E-state index in [1.165, 1.54) is 4.90 Å². The minimum absolute atomic E-state index is 0.0986. The number of sulfonamides is 1. The molecule has 0 saturated heterocycles. The normalized spacial score (nSPS) is 12.0. The van der Waals surface area contributed by atoms with Crippen LogP contribution in [0.25, 0.3) is 0 Å². The van der Waals surface area contributed by atoms with Crippen molar-refractivity contribution < 1.29 is 18.0 Å². The van der Waals surface area contributed by atoms with E-state index >= 15 is 0 Å². The molecule has 202 valence electrons. The number of nitrogens with zero attached hydrogens (tertiary/aromatic N) is 2. The smallest absolute Gasteiger partial charge is 0.264 e. The van der Waals surface area contributed by atoms with E-state index in [1.807, 2.05) is 70.2 Å². The van der Waals surface area contributed by atoms with Gasteiger partial charge in [0.2, 0.25) is 11.8 Å². The first kappa shape index (κ1) is 28.9. The molecule has 0 radical (unpaired) electrons. The third-order valence-corrected chi connectivity index (χ3v) is 8.18. The second-order valence-electron chi connectivity index (χ2n) is 9.33. The van der Waals surface area contributed by atoms with Crippen LogP contribution in [0.5, 0.6) is 0 Å². The molecule has 0 fully saturated rings. The minimum atomic E-state index is -4.08. The number of nitrogens with one attached hydrogen (secondary N) is 1. The molecular weight excluding hydrogens is 498 g/mol. The van der Waals surface area contributed by atoms with Crippen molar-refractivity contribution in [3.8, 4) is 0 Å². The zero-order chi connectivity index (χ0) is 27.7. The molecule has 1 N–H and O–H groups in total. The molecule has 0 aliphatic heterocycles. The summed E-state index contributed by atoms with van der Waals surface area (Å²) in [4.78, 5) is 28.7. The largest absolute Gasteiger partial charge is 0.354 e. The molecule has 3 aromatic rings. The van der Waals surface area contributed by atoms with Crippen molar-refractivity contribution in [1.82, 2.24) is 10.2 Å². The SMILES string of the molecule is CCCNC(=O)[C@H](CC)N(Cc1ccccc1)C(=O)CN(c1ccccc1C)S(=O)(=O)c1ccc(C)cc1. The number of amides is 2. The lowest BCUT2D eigenvalue weighted by atomic mass is 10.1. The summed E-state index contributed by atoms with van der Waals surface area (Å²) in [5, 5.41) is 2.90. The molecule has 1 atom stereocenters. The predicted molar refractivity (Wildman–Crippen MR) is 151 cm³/mol. The van der Waals surface area contributed by atoms with Crippen LogP contribution in [0.1, 0.15) is 43.4 Å². The van der Waals surface area contributed by atoms with Gasteiger partial charge in [0.05, 0.1) is 10.6 Å². The standard InChI is InChI=1S/C30H37N3O4S/c1-5-20-31-30(35)27(6-2)32(21-25-13-8-7-9-14-25)29(34)22-33(28-15-11-10-12-24(28)4)38(36,37)26-18-16-23(3)17-19-26/h7-19,27H,5-6,20-22H2,1-4H3,(H,31,35)/t27-/m0/s1. The molecule has 7 nitrogen and oxygen atoms in total. The van der Waals surface area contributed by atoms with E-state index in [1.54, 1.807) is 36.4 Å². The van der Waals surface area contributed by atoms with Crippen molar-refractivity contribution in [1.29, 1.82) is 0 Å². The molecule has 0 aromatic heterocycles. The van der Waals surface area contributed by atoms with Gasteiger partial charge in [-0.2, -0.15) is 0 Å². The molecule has 0 aliphatic rings. The van der Waals surface area contributed by atoms with Crippen LogP contribution in [0.15, 0.2) is 83.8 Å². The molecule has 0 aliphatic carbocycles. The van der Waals surface area contributed by atoms with Gasteiger partial charge in [-0.25, -0.2) is 8.42 Å². The summed E-state index contributed by atoms with van der Waals surface area (Å²) in [6.45, 7) is 7.75. The van der Waals surface area contributed by atoms with E-state index in [-0.39, 0.29) is 17.3 Å². The zero-order valence-electron chi connectivity index (χ0n) is 22.6. The fraction of sp³-hybridized carbons (Fsp3) is 0.333. The molecule has 0 saturated carbocycles. The van der Waals surface area contributed by atoms with Gasteiger partial charge >= 0.3 is 0 Å². The first-order chi connectivity index (χ1) is 18.2. The second-order valence-corrected chi connectivity index (χ2v) is 11.2. The zero-order valence-corrected chi connectivity index (χ0v) is 23.4. The maximum atomic E-state index is 14.0. The van der Waals surface area contributed by atoms with Crippen molar-refractivity contribution in [2.45, 2.75) is 58.0 Å². The third kappa shape index (κ3) is 7.01. The lowest BCUT2D eigenvalue weighted by Gasteiger charge is -2.33.